The molecule has 1 amide bonds. The number of nitriles is 1. The van der Waals surface area contributed by atoms with Crippen molar-refractivity contribution >= 4 is 15.9 Å². The molecule has 4 rings (SSSR count). The molecule has 0 radical (unpaired) electrons. The molecule has 37 heavy (non-hydrogen) atoms. The van der Waals surface area contributed by atoms with Crippen LogP contribution in [0.25, 0.3) is 0 Å². The molecule has 3 aromatic carbocycles. The van der Waals surface area contributed by atoms with Crippen LogP contribution in [0.3, 0.4) is 0 Å². The first-order chi connectivity index (χ1) is 17.9. The van der Waals surface area contributed by atoms with Gasteiger partial charge in [-0.1, -0.05) is 72.8 Å². The topological polar surface area (TPSA) is 120 Å². The van der Waals surface area contributed by atoms with Crippen molar-refractivity contribution in [1.29, 1.82) is 5.26 Å². The van der Waals surface area contributed by atoms with Crippen LogP contribution in [0, 0.1) is 11.3 Å². The molecule has 0 spiro atoms. The lowest BCUT2D eigenvalue weighted by Crippen LogP contribution is -2.50. The number of nitrogens with one attached hydrogen (secondary N) is 1. The number of piperazine rings is 1. The Morgan fingerprint density at radius 1 is 0.919 bits per heavy atom. The lowest BCUT2D eigenvalue weighted by Gasteiger charge is -2.39. The van der Waals surface area contributed by atoms with Crippen molar-refractivity contribution in [3.05, 3.63) is 113 Å². The Hall–Kier alpha value is -3.97. The van der Waals surface area contributed by atoms with E-state index < -0.39 is 10.0 Å². The summed E-state index contributed by atoms with van der Waals surface area (Å²) >= 11 is 0. The standard InChI is InChI=1S/C28H29N5O3S/c29-19-25(21-31-20-22-11-13-26(14-12-22)37(30,35)36)28(34)33-17-15-32(16-18-33)27(23-7-3-1-4-8-23)24-9-5-2-6-10-24/h1-14,21,27,31H,15-18,20H2,(H2,30,35,36)/b25-21-. The fraction of sp³-hybridized carbons (Fsp3) is 0.214. The number of sulfonamides is 1. The largest absolute Gasteiger partial charge is 0.386 e. The first kappa shape index (κ1) is 26.1. The minimum Gasteiger partial charge on any atom is -0.386 e. The molecule has 0 bridgehead atoms. The van der Waals surface area contributed by atoms with E-state index in [9.17, 15) is 18.5 Å². The molecule has 1 aliphatic rings. The fourth-order valence-electron chi connectivity index (χ4n) is 4.45. The monoisotopic (exact) mass is 515 g/mol. The molecule has 0 unspecified atom stereocenters. The van der Waals surface area contributed by atoms with Crippen LogP contribution in [0.4, 0.5) is 0 Å². The number of amides is 1. The number of nitrogens with two attached hydrogens (primary N) is 1. The van der Waals surface area contributed by atoms with Crippen molar-refractivity contribution in [2.75, 3.05) is 26.2 Å². The van der Waals surface area contributed by atoms with Gasteiger partial charge in [0.15, 0.2) is 0 Å². The zero-order chi connectivity index (χ0) is 26.3. The molecule has 0 saturated carbocycles. The van der Waals surface area contributed by atoms with Crippen LogP contribution in [-0.4, -0.2) is 50.3 Å². The van der Waals surface area contributed by atoms with Crippen molar-refractivity contribution in [2.24, 2.45) is 5.14 Å². The average molecular weight is 516 g/mol. The molecule has 0 atom stereocenters. The van der Waals surface area contributed by atoms with E-state index in [1.54, 1.807) is 17.0 Å². The number of nitrogens with zero attached hydrogens (tertiary/aromatic N) is 3. The normalized spacial score (nSPS) is 14.8. The molecule has 1 saturated heterocycles. The number of carbonyl (C=O) groups excluding carboxylic acids is 1. The SMILES string of the molecule is N#C/C(=C/NCc1ccc(S(N)(=O)=O)cc1)C(=O)N1CCN(C(c2ccccc2)c2ccccc2)CC1. The highest BCUT2D eigenvalue weighted by Gasteiger charge is 2.29. The third-order valence-corrected chi connectivity index (χ3v) is 7.28. The molecular formula is C28H29N5O3S. The van der Waals surface area contributed by atoms with E-state index >= 15 is 0 Å². The van der Waals surface area contributed by atoms with Crippen LogP contribution < -0.4 is 10.5 Å². The molecule has 3 N–H and O–H groups in total. The summed E-state index contributed by atoms with van der Waals surface area (Å²) < 4.78 is 22.8. The van der Waals surface area contributed by atoms with Crippen molar-refractivity contribution < 1.29 is 13.2 Å². The van der Waals surface area contributed by atoms with Crippen LogP contribution in [0.1, 0.15) is 22.7 Å². The van der Waals surface area contributed by atoms with E-state index in [4.69, 9.17) is 5.14 Å². The van der Waals surface area contributed by atoms with Crippen LogP contribution in [-0.2, 0) is 21.4 Å². The molecule has 1 aliphatic heterocycles. The number of carbonyl (C=O) groups is 1. The van der Waals surface area contributed by atoms with E-state index in [0.29, 0.717) is 32.7 Å². The molecule has 190 valence electrons. The van der Waals surface area contributed by atoms with E-state index in [1.165, 1.54) is 29.5 Å². The Labute approximate surface area is 217 Å². The van der Waals surface area contributed by atoms with E-state index in [0.717, 1.165) is 5.56 Å². The lowest BCUT2D eigenvalue weighted by molar-refractivity contribution is -0.128. The molecule has 3 aromatic rings. The van der Waals surface area contributed by atoms with Gasteiger partial charge in [0.25, 0.3) is 5.91 Å². The van der Waals surface area contributed by atoms with Crippen molar-refractivity contribution in [2.45, 2.75) is 17.5 Å². The highest BCUT2D eigenvalue weighted by Crippen LogP contribution is 2.29. The second-order valence-corrected chi connectivity index (χ2v) is 10.4. The highest BCUT2D eigenvalue weighted by atomic mass is 32.2. The van der Waals surface area contributed by atoms with Gasteiger partial charge in [-0.3, -0.25) is 9.69 Å². The Kier molecular flexibility index (Phi) is 8.36. The summed E-state index contributed by atoms with van der Waals surface area (Å²) in [4.78, 5) is 17.1. The van der Waals surface area contributed by atoms with E-state index in [2.05, 4.69) is 34.5 Å². The van der Waals surface area contributed by atoms with Gasteiger partial charge < -0.3 is 10.2 Å². The van der Waals surface area contributed by atoms with Gasteiger partial charge in [0, 0.05) is 38.9 Å². The Balaban J connectivity index is 1.38. The van der Waals surface area contributed by atoms with Gasteiger partial charge in [-0.25, -0.2) is 13.6 Å². The van der Waals surface area contributed by atoms with Crippen LogP contribution in [0.2, 0.25) is 0 Å². The summed E-state index contributed by atoms with van der Waals surface area (Å²) in [6.07, 6.45) is 1.42. The summed E-state index contributed by atoms with van der Waals surface area (Å²) in [6.45, 7) is 2.73. The van der Waals surface area contributed by atoms with Gasteiger partial charge in [-0.2, -0.15) is 5.26 Å². The number of hydrogen-bond acceptors (Lipinski definition) is 6. The van der Waals surface area contributed by atoms with E-state index in [-0.39, 0.29) is 22.4 Å². The maximum atomic E-state index is 13.0. The Morgan fingerprint density at radius 3 is 1.95 bits per heavy atom. The lowest BCUT2D eigenvalue weighted by atomic mass is 9.96. The Bertz CT molecular complexity index is 1340. The molecular weight excluding hydrogens is 486 g/mol. The van der Waals surface area contributed by atoms with Crippen LogP contribution >= 0.6 is 0 Å². The van der Waals surface area contributed by atoms with E-state index in [1.807, 2.05) is 42.5 Å². The second kappa shape index (κ2) is 11.8. The van der Waals surface area contributed by atoms with Gasteiger partial charge in [0.05, 0.1) is 10.9 Å². The van der Waals surface area contributed by atoms with Crippen LogP contribution in [0.15, 0.2) is 102 Å². The number of hydrogen-bond donors (Lipinski definition) is 2. The maximum absolute atomic E-state index is 13.0. The zero-order valence-corrected chi connectivity index (χ0v) is 21.1. The predicted octanol–water partition coefficient (Wildman–Crippen LogP) is 2.76. The van der Waals surface area contributed by atoms with Gasteiger partial charge in [-0.05, 0) is 28.8 Å². The quantitative estimate of drug-likeness (QED) is 0.352. The number of benzene rings is 3. The first-order valence-corrected chi connectivity index (χ1v) is 13.5. The highest BCUT2D eigenvalue weighted by molar-refractivity contribution is 7.89. The summed E-state index contributed by atoms with van der Waals surface area (Å²) in [5, 5.41) is 17.7. The molecule has 0 aliphatic carbocycles. The predicted molar refractivity (Wildman–Crippen MR) is 141 cm³/mol. The summed E-state index contributed by atoms with van der Waals surface area (Å²) in [5.74, 6) is -0.310. The molecule has 9 heteroatoms. The first-order valence-electron chi connectivity index (χ1n) is 12.0. The van der Waals surface area contributed by atoms with Crippen molar-refractivity contribution in [1.82, 2.24) is 15.1 Å². The maximum Gasteiger partial charge on any atom is 0.266 e. The number of rotatable bonds is 8. The fourth-order valence-corrected chi connectivity index (χ4v) is 4.96. The molecule has 0 aromatic heterocycles. The number of primary sulfonamides is 1. The molecule has 1 fully saturated rings. The summed E-state index contributed by atoms with van der Waals surface area (Å²) in [6, 6.07) is 28.9. The van der Waals surface area contributed by atoms with Gasteiger partial charge in [0.1, 0.15) is 11.6 Å². The third kappa shape index (κ3) is 6.62. The third-order valence-electron chi connectivity index (χ3n) is 6.35. The van der Waals surface area contributed by atoms with Gasteiger partial charge in [0.2, 0.25) is 10.0 Å². The average Bonchev–Trinajstić information content (AvgIpc) is 2.92. The van der Waals surface area contributed by atoms with Crippen molar-refractivity contribution in [3.8, 4) is 6.07 Å². The zero-order valence-electron chi connectivity index (χ0n) is 20.3. The van der Waals surface area contributed by atoms with Crippen LogP contribution in [0.5, 0.6) is 0 Å². The second-order valence-electron chi connectivity index (χ2n) is 8.79. The summed E-state index contributed by atoms with van der Waals surface area (Å²) in [7, 11) is -3.75. The van der Waals surface area contributed by atoms with Gasteiger partial charge in [-0.15, -0.1) is 0 Å². The minimum atomic E-state index is -3.75. The Morgan fingerprint density at radius 2 is 1.46 bits per heavy atom. The molecule has 8 nitrogen and oxygen atoms in total. The molecule has 1 heterocycles. The smallest absolute Gasteiger partial charge is 0.266 e. The minimum absolute atomic E-state index is 0.0253. The van der Waals surface area contributed by atoms with Gasteiger partial charge >= 0.3 is 0 Å². The summed E-state index contributed by atoms with van der Waals surface area (Å²) in [5.41, 5.74) is 3.21. The van der Waals surface area contributed by atoms with Crippen molar-refractivity contribution in [3.63, 3.8) is 0 Å².